The molecule has 33 heavy (non-hydrogen) atoms. The van der Waals surface area contributed by atoms with Gasteiger partial charge in [0.1, 0.15) is 12.0 Å². The van der Waals surface area contributed by atoms with E-state index in [0.29, 0.717) is 35.3 Å². The molecule has 2 heterocycles. The predicted molar refractivity (Wildman–Crippen MR) is 125 cm³/mol. The summed E-state index contributed by atoms with van der Waals surface area (Å²) >= 11 is 0. The third-order valence-corrected chi connectivity index (χ3v) is 6.79. The van der Waals surface area contributed by atoms with Crippen molar-refractivity contribution in [2.45, 2.75) is 50.3 Å². The highest BCUT2D eigenvalue weighted by Crippen LogP contribution is 2.47. The second-order valence-electron chi connectivity index (χ2n) is 8.75. The van der Waals surface area contributed by atoms with Crippen LogP contribution in [0.5, 0.6) is 17.2 Å². The average molecular weight is 456 g/mol. The first-order valence-electron chi connectivity index (χ1n) is 11.5. The summed E-state index contributed by atoms with van der Waals surface area (Å²) in [6.07, 6.45) is 5.35. The molecule has 0 bridgehead atoms. The van der Waals surface area contributed by atoms with Crippen molar-refractivity contribution in [2.75, 3.05) is 34.7 Å². The van der Waals surface area contributed by atoms with Gasteiger partial charge < -0.3 is 24.1 Å². The number of aliphatic hydroxyl groups excluding tert-OH is 1. The van der Waals surface area contributed by atoms with Gasteiger partial charge in [0.2, 0.25) is 0 Å². The van der Waals surface area contributed by atoms with Gasteiger partial charge in [-0.25, -0.2) is 0 Å². The van der Waals surface area contributed by atoms with E-state index in [-0.39, 0.29) is 18.9 Å². The Labute approximate surface area is 195 Å². The standard InChI is InChI=1S/C26H33NO6/c1-30-16-33-24-8-7-17(15-28)10-22(24)20-13-25(31-2)26(32-3)14-21(20)23-12-19(29)11-18-6-4-5-9-27(18)23/h7-8,10,13-15,18-19,23,29H,4-6,9,11-12,16H2,1-3H3/t18-,19-,23-/m0/s1. The third-order valence-electron chi connectivity index (χ3n) is 6.79. The fourth-order valence-electron chi connectivity index (χ4n) is 5.28. The van der Waals surface area contributed by atoms with Crippen molar-refractivity contribution in [3.8, 4) is 28.4 Å². The molecule has 1 N–H and O–H groups in total. The number of ether oxygens (including phenoxy) is 4. The molecule has 2 saturated heterocycles. The number of methoxy groups -OCH3 is 3. The first-order chi connectivity index (χ1) is 16.1. The average Bonchev–Trinajstić information content (AvgIpc) is 2.86. The summed E-state index contributed by atoms with van der Waals surface area (Å²) in [7, 11) is 4.80. The minimum Gasteiger partial charge on any atom is -0.493 e. The quantitative estimate of drug-likeness (QED) is 0.472. The van der Waals surface area contributed by atoms with Gasteiger partial charge in [-0.3, -0.25) is 9.69 Å². The molecule has 2 aliphatic rings. The van der Waals surface area contributed by atoms with Crippen LogP contribution in [0.25, 0.3) is 11.1 Å². The van der Waals surface area contributed by atoms with Crippen LogP contribution in [0.4, 0.5) is 0 Å². The molecule has 0 aliphatic carbocycles. The Kier molecular flexibility index (Phi) is 7.53. The zero-order valence-corrected chi connectivity index (χ0v) is 19.6. The Bertz CT molecular complexity index is 977. The molecule has 0 saturated carbocycles. The summed E-state index contributed by atoms with van der Waals surface area (Å²) in [5.41, 5.74) is 3.26. The zero-order valence-electron chi connectivity index (χ0n) is 19.6. The van der Waals surface area contributed by atoms with Gasteiger partial charge in [0, 0.05) is 30.3 Å². The van der Waals surface area contributed by atoms with E-state index in [0.717, 1.165) is 48.8 Å². The summed E-state index contributed by atoms with van der Waals surface area (Å²) < 4.78 is 22.3. The first-order valence-corrected chi connectivity index (χ1v) is 11.5. The number of rotatable bonds is 8. The van der Waals surface area contributed by atoms with Crippen molar-refractivity contribution in [3.63, 3.8) is 0 Å². The summed E-state index contributed by atoms with van der Waals surface area (Å²) in [4.78, 5) is 14.1. The number of piperidine rings is 2. The summed E-state index contributed by atoms with van der Waals surface area (Å²) in [5, 5.41) is 10.8. The summed E-state index contributed by atoms with van der Waals surface area (Å²) in [6, 6.07) is 9.68. The van der Waals surface area contributed by atoms with Crippen molar-refractivity contribution in [3.05, 3.63) is 41.5 Å². The molecule has 2 aromatic rings. The van der Waals surface area contributed by atoms with Crippen LogP contribution in [-0.4, -0.2) is 63.1 Å². The first kappa shape index (κ1) is 23.5. The predicted octanol–water partition coefficient (Wildman–Crippen LogP) is 4.22. The van der Waals surface area contributed by atoms with Crippen LogP contribution in [0.15, 0.2) is 30.3 Å². The van der Waals surface area contributed by atoms with E-state index in [9.17, 15) is 9.90 Å². The number of fused-ring (bicyclic) bond motifs is 1. The Morgan fingerprint density at radius 1 is 1.00 bits per heavy atom. The van der Waals surface area contributed by atoms with Gasteiger partial charge in [-0.1, -0.05) is 6.42 Å². The second-order valence-corrected chi connectivity index (χ2v) is 8.75. The molecule has 0 unspecified atom stereocenters. The van der Waals surface area contributed by atoms with E-state index in [1.165, 1.54) is 6.42 Å². The SMILES string of the molecule is COCOc1ccc(C=O)cc1-c1cc(OC)c(OC)cc1[C@@H]1C[C@@H](O)C[C@@H]2CCCCN21. The van der Waals surface area contributed by atoms with Crippen molar-refractivity contribution in [1.29, 1.82) is 0 Å². The Balaban J connectivity index is 1.91. The van der Waals surface area contributed by atoms with E-state index in [1.54, 1.807) is 33.5 Å². The molecular formula is C26H33NO6. The van der Waals surface area contributed by atoms with Gasteiger partial charge in [0.05, 0.1) is 20.3 Å². The van der Waals surface area contributed by atoms with Crippen LogP contribution in [0, 0.1) is 0 Å². The maximum absolute atomic E-state index is 11.6. The number of hydrogen-bond acceptors (Lipinski definition) is 7. The monoisotopic (exact) mass is 455 g/mol. The number of aliphatic hydroxyl groups is 1. The molecular weight excluding hydrogens is 422 g/mol. The largest absolute Gasteiger partial charge is 0.493 e. The maximum atomic E-state index is 11.6. The molecule has 3 atom stereocenters. The second kappa shape index (κ2) is 10.5. The minimum absolute atomic E-state index is 0.0176. The molecule has 2 fully saturated rings. The molecule has 0 spiro atoms. The number of benzene rings is 2. The van der Waals surface area contributed by atoms with Gasteiger partial charge in [-0.05, 0) is 73.7 Å². The van der Waals surface area contributed by atoms with Crippen molar-refractivity contribution in [1.82, 2.24) is 4.90 Å². The van der Waals surface area contributed by atoms with Crippen LogP contribution in [0.3, 0.4) is 0 Å². The lowest BCUT2D eigenvalue weighted by atomic mass is 9.82. The van der Waals surface area contributed by atoms with Crippen molar-refractivity contribution >= 4 is 6.29 Å². The summed E-state index contributed by atoms with van der Waals surface area (Å²) in [5.74, 6) is 1.84. The van der Waals surface area contributed by atoms with Crippen LogP contribution in [0.1, 0.15) is 54.1 Å². The fraction of sp³-hybridized carbons (Fsp3) is 0.500. The molecule has 178 valence electrons. The molecule has 7 nitrogen and oxygen atoms in total. The minimum atomic E-state index is -0.360. The Morgan fingerprint density at radius 3 is 2.52 bits per heavy atom. The van der Waals surface area contributed by atoms with Gasteiger partial charge in [0.25, 0.3) is 0 Å². The number of nitrogens with zero attached hydrogens (tertiary/aromatic N) is 1. The molecule has 2 aromatic carbocycles. The molecule has 7 heteroatoms. The van der Waals surface area contributed by atoms with Crippen LogP contribution in [0.2, 0.25) is 0 Å². The van der Waals surface area contributed by atoms with E-state index >= 15 is 0 Å². The van der Waals surface area contributed by atoms with Gasteiger partial charge in [-0.15, -0.1) is 0 Å². The molecule has 0 amide bonds. The molecule has 0 aromatic heterocycles. The van der Waals surface area contributed by atoms with Gasteiger partial charge in [0.15, 0.2) is 18.3 Å². The Hall–Kier alpha value is -2.61. The smallest absolute Gasteiger partial charge is 0.188 e. The lowest BCUT2D eigenvalue weighted by Gasteiger charge is -2.47. The van der Waals surface area contributed by atoms with Gasteiger partial charge >= 0.3 is 0 Å². The highest BCUT2D eigenvalue weighted by molar-refractivity contribution is 5.83. The van der Waals surface area contributed by atoms with Crippen molar-refractivity contribution < 1.29 is 28.8 Å². The number of carbonyl (C=O) groups is 1. The lowest BCUT2D eigenvalue weighted by molar-refractivity contribution is -0.0178. The molecule has 2 aliphatic heterocycles. The van der Waals surface area contributed by atoms with Gasteiger partial charge in [-0.2, -0.15) is 0 Å². The van der Waals surface area contributed by atoms with Crippen LogP contribution in [-0.2, 0) is 4.74 Å². The Morgan fingerprint density at radius 2 is 1.79 bits per heavy atom. The molecule has 4 rings (SSSR count). The third kappa shape index (κ3) is 4.86. The van der Waals surface area contributed by atoms with Crippen LogP contribution >= 0.6 is 0 Å². The number of aldehydes is 1. The van der Waals surface area contributed by atoms with E-state index in [2.05, 4.69) is 4.90 Å². The zero-order chi connectivity index (χ0) is 23.4. The van der Waals surface area contributed by atoms with E-state index in [1.807, 2.05) is 18.2 Å². The highest BCUT2D eigenvalue weighted by Gasteiger charge is 2.38. The fourth-order valence-corrected chi connectivity index (χ4v) is 5.28. The topological polar surface area (TPSA) is 77.5 Å². The van der Waals surface area contributed by atoms with Crippen LogP contribution < -0.4 is 14.2 Å². The van der Waals surface area contributed by atoms with Crippen molar-refractivity contribution in [2.24, 2.45) is 0 Å². The molecule has 0 radical (unpaired) electrons. The normalized spacial score (nSPS) is 23.0. The number of hydrogen-bond donors (Lipinski definition) is 1. The lowest BCUT2D eigenvalue weighted by Crippen LogP contribution is -2.48. The summed E-state index contributed by atoms with van der Waals surface area (Å²) in [6.45, 7) is 1.09. The highest BCUT2D eigenvalue weighted by atomic mass is 16.7. The van der Waals surface area contributed by atoms with E-state index < -0.39 is 0 Å². The number of carbonyl (C=O) groups excluding carboxylic acids is 1. The van der Waals surface area contributed by atoms with E-state index in [4.69, 9.17) is 18.9 Å². The maximum Gasteiger partial charge on any atom is 0.188 e.